The molecule has 0 aromatic rings. The maximum absolute atomic E-state index is 11.7. The summed E-state index contributed by atoms with van der Waals surface area (Å²) in [4.78, 5) is 23.3. The van der Waals surface area contributed by atoms with Crippen LogP contribution in [0.15, 0.2) is 12.2 Å². The van der Waals surface area contributed by atoms with Gasteiger partial charge in [-0.15, -0.1) is 0 Å². The summed E-state index contributed by atoms with van der Waals surface area (Å²) in [6.45, 7) is 18.8. The number of esters is 2. The summed E-state index contributed by atoms with van der Waals surface area (Å²) in [6, 6.07) is 0. The van der Waals surface area contributed by atoms with Crippen LogP contribution in [-0.4, -0.2) is 54.4 Å². The fourth-order valence-electron chi connectivity index (χ4n) is 7.55. The lowest BCUT2D eigenvalue weighted by atomic mass is 9.47. The first kappa shape index (κ1) is 30.1. The molecule has 0 amide bonds. The summed E-state index contributed by atoms with van der Waals surface area (Å²) in [5, 5.41) is 10.5. The predicted octanol–water partition coefficient (Wildman–Crippen LogP) is 5.58. The van der Waals surface area contributed by atoms with Gasteiger partial charge in [-0.05, 0) is 74.0 Å². The van der Waals surface area contributed by atoms with E-state index >= 15 is 0 Å². The molecule has 0 aromatic carbocycles. The van der Waals surface area contributed by atoms with Crippen LogP contribution in [0.5, 0.6) is 0 Å². The molecule has 3 rings (SSSR count). The van der Waals surface area contributed by atoms with Gasteiger partial charge in [-0.1, -0.05) is 52.7 Å². The van der Waals surface area contributed by atoms with Crippen molar-refractivity contribution in [1.82, 2.24) is 0 Å². The third kappa shape index (κ3) is 6.96. The average molecular weight is 523 g/mol. The highest BCUT2D eigenvalue weighted by atomic mass is 16.7. The molecule has 0 radical (unpaired) electrons. The van der Waals surface area contributed by atoms with Crippen LogP contribution in [0.25, 0.3) is 0 Å². The molecular weight excluding hydrogens is 472 g/mol. The summed E-state index contributed by atoms with van der Waals surface area (Å²) in [6.07, 6.45) is 4.68. The molecule has 9 atom stereocenters. The van der Waals surface area contributed by atoms with Gasteiger partial charge in [0.05, 0.1) is 12.7 Å². The summed E-state index contributed by atoms with van der Waals surface area (Å²) in [5.74, 6) is 0.642. The largest absolute Gasteiger partial charge is 0.455 e. The molecule has 0 spiro atoms. The Balaban J connectivity index is 1.56. The van der Waals surface area contributed by atoms with Crippen molar-refractivity contribution in [2.24, 2.45) is 28.6 Å². The van der Waals surface area contributed by atoms with E-state index in [0.717, 1.165) is 31.6 Å². The van der Waals surface area contributed by atoms with E-state index in [-0.39, 0.29) is 0 Å². The molecule has 1 saturated heterocycles. The SMILES string of the molecule is C=C1CCC2C(C)(C)CCC[C@@]2(C)[C@@H]1CC[C@H](C)CCO[C@@H]1O[C@@H](C)[C@H](O)[C@@H](OC(C)=O)[C@H]1OC(C)=O. The van der Waals surface area contributed by atoms with Gasteiger partial charge < -0.3 is 24.1 Å². The molecule has 0 bridgehead atoms. The van der Waals surface area contributed by atoms with Crippen LogP contribution in [0.3, 0.4) is 0 Å². The number of ether oxygens (including phenoxy) is 4. The Morgan fingerprint density at radius 3 is 2.41 bits per heavy atom. The van der Waals surface area contributed by atoms with E-state index in [9.17, 15) is 14.7 Å². The van der Waals surface area contributed by atoms with Gasteiger partial charge in [0.15, 0.2) is 18.5 Å². The third-order valence-corrected chi connectivity index (χ3v) is 9.52. The standard InChI is InChI=1S/C30H50O7/c1-18(10-12-23-19(2)11-13-24-29(6,7)15-9-16-30(23,24)8)14-17-34-28-27(37-22(5)32)26(36-21(4)31)25(33)20(3)35-28/h18,20,23-28,33H,2,9-17H2,1,3-8H3/t18-,20-,23+,24?,25-,26+,27+,28+,30-/m0/s1. The van der Waals surface area contributed by atoms with Gasteiger partial charge >= 0.3 is 11.9 Å². The molecule has 2 aliphatic carbocycles. The number of carbonyl (C=O) groups is 2. The molecule has 212 valence electrons. The topological polar surface area (TPSA) is 91.3 Å². The van der Waals surface area contributed by atoms with Gasteiger partial charge in [0.25, 0.3) is 0 Å². The Morgan fingerprint density at radius 1 is 1.11 bits per heavy atom. The Bertz CT molecular complexity index is 823. The Morgan fingerprint density at radius 2 is 1.76 bits per heavy atom. The van der Waals surface area contributed by atoms with Crippen LogP contribution in [-0.2, 0) is 28.5 Å². The van der Waals surface area contributed by atoms with Crippen molar-refractivity contribution in [3.8, 4) is 0 Å². The van der Waals surface area contributed by atoms with Gasteiger partial charge in [0, 0.05) is 13.8 Å². The molecule has 0 aromatic heterocycles. The summed E-state index contributed by atoms with van der Waals surface area (Å²) >= 11 is 0. The van der Waals surface area contributed by atoms with Gasteiger partial charge in [-0.25, -0.2) is 0 Å². The number of aliphatic hydroxyl groups is 1. The van der Waals surface area contributed by atoms with E-state index in [4.69, 9.17) is 18.9 Å². The van der Waals surface area contributed by atoms with E-state index in [1.165, 1.54) is 45.1 Å². The maximum Gasteiger partial charge on any atom is 0.303 e. The highest BCUT2D eigenvalue weighted by Gasteiger charge is 2.52. The van der Waals surface area contributed by atoms with Crippen LogP contribution >= 0.6 is 0 Å². The van der Waals surface area contributed by atoms with E-state index in [2.05, 4.69) is 34.3 Å². The summed E-state index contributed by atoms with van der Waals surface area (Å²) < 4.78 is 22.5. The van der Waals surface area contributed by atoms with Crippen molar-refractivity contribution >= 4 is 11.9 Å². The Hall–Kier alpha value is -1.44. The highest BCUT2D eigenvalue weighted by Crippen LogP contribution is 2.61. The Labute approximate surface area is 223 Å². The minimum Gasteiger partial charge on any atom is -0.455 e. The van der Waals surface area contributed by atoms with E-state index in [1.54, 1.807) is 6.92 Å². The van der Waals surface area contributed by atoms with Crippen molar-refractivity contribution < 1.29 is 33.6 Å². The molecule has 3 fully saturated rings. The van der Waals surface area contributed by atoms with Crippen LogP contribution in [0, 0.1) is 28.6 Å². The molecule has 1 unspecified atom stereocenters. The molecule has 7 heteroatoms. The lowest BCUT2D eigenvalue weighted by Crippen LogP contribution is -2.60. The van der Waals surface area contributed by atoms with E-state index < -0.39 is 42.6 Å². The second-order valence-corrected chi connectivity index (χ2v) is 12.8. The second-order valence-electron chi connectivity index (χ2n) is 12.8. The fraction of sp³-hybridized carbons (Fsp3) is 0.867. The van der Waals surface area contributed by atoms with E-state index in [1.807, 2.05) is 0 Å². The minimum absolute atomic E-state index is 0.336. The number of aliphatic hydroxyl groups excluding tert-OH is 1. The molecule has 1 heterocycles. The number of allylic oxidation sites excluding steroid dienone is 1. The zero-order valence-corrected chi connectivity index (χ0v) is 24.1. The van der Waals surface area contributed by atoms with Crippen LogP contribution in [0.4, 0.5) is 0 Å². The molecule has 37 heavy (non-hydrogen) atoms. The second kappa shape index (κ2) is 12.2. The quantitative estimate of drug-likeness (QED) is 0.312. The zero-order chi connectivity index (χ0) is 27.5. The maximum atomic E-state index is 11.7. The lowest BCUT2D eigenvalue weighted by Gasteiger charge is -2.58. The van der Waals surface area contributed by atoms with Gasteiger partial charge in [-0.3, -0.25) is 9.59 Å². The summed E-state index contributed by atoms with van der Waals surface area (Å²) in [5.41, 5.74) is 2.17. The van der Waals surface area contributed by atoms with Crippen LogP contribution in [0.2, 0.25) is 0 Å². The predicted molar refractivity (Wildman–Crippen MR) is 142 cm³/mol. The lowest BCUT2D eigenvalue weighted by molar-refractivity contribution is -0.299. The van der Waals surface area contributed by atoms with Crippen LogP contribution in [0.1, 0.15) is 99.8 Å². The molecule has 7 nitrogen and oxygen atoms in total. The third-order valence-electron chi connectivity index (χ3n) is 9.52. The van der Waals surface area contributed by atoms with Crippen LogP contribution < -0.4 is 0 Å². The minimum atomic E-state index is -1.12. The number of rotatable bonds is 9. The van der Waals surface area contributed by atoms with Crippen molar-refractivity contribution in [1.29, 1.82) is 0 Å². The summed E-state index contributed by atoms with van der Waals surface area (Å²) in [7, 11) is 0. The highest BCUT2D eigenvalue weighted by molar-refractivity contribution is 5.67. The molecule has 1 aliphatic heterocycles. The van der Waals surface area contributed by atoms with Gasteiger partial charge in [0.2, 0.25) is 0 Å². The van der Waals surface area contributed by atoms with Gasteiger partial charge in [0.1, 0.15) is 6.10 Å². The van der Waals surface area contributed by atoms with Gasteiger partial charge in [-0.2, -0.15) is 0 Å². The fourth-order valence-corrected chi connectivity index (χ4v) is 7.55. The average Bonchev–Trinajstić information content (AvgIpc) is 2.77. The zero-order valence-electron chi connectivity index (χ0n) is 24.1. The number of carbonyl (C=O) groups excluding carboxylic acids is 2. The monoisotopic (exact) mass is 522 g/mol. The number of hydrogen-bond acceptors (Lipinski definition) is 7. The van der Waals surface area contributed by atoms with E-state index in [0.29, 0.717) is 29.3 Å². The number of hydrogen-bond donors (Lipinski definition) is 1. The first-order valence-electron chi connectivity index (χ1n) is 14.2. The first-order chi connectivity index (χ1) is 17.3. The molecule has 1 N–H and O–H groups in total. The first-order valence-corrected chi connectivity index (χ1v) is 14.2. The number of fused-ring (bicyclic) bond motifs is 1. The van der Waals surface area contributed by atoms with Crippen molar-refractivity contribution in [2.75, 3.05) is 6.61 Å². The molecule has 2 saturated carbocycles. The van der Waals surface area contributed by atoms with Crippen molar-refractivity contribution in [3.05, 3.63) is 12.2 Å². The Kier molecular flexibility index (Phi) is 9.90. The van der Waals surface area contributed by atoms with Crippen molar-refractivity contribution in [2.45, 2.75) is 131 Å². The smallest absolute Gasteiger partial charge is 0.303 e. The molecular formula is C30H50O7. The normalized spacial score (nSPS) is 38.4. The molecule has 3 aliphatic rings. The van der Waals surface area contributed by atoms with Crippen molar-refractivity contribution in [3.63, 3.8) is 0 Å².